The molecule has 0 aliphatic rings. The van der Waals surface area contributed by atoms with E-state index in [4.69, 9.17) is 0 Å². The van der Waals surface area contributed by atoms with E-state index in [1.165, 1.54) is 31.4 Å². The Labute approximate surface area is 116 Å². The van der Waals surface area contributed by atoms with Crippen LogP contribution in [0.25, 0.3) is 0 Å². The highest BCUT2D eigenvalue weighted by molar-refractivity contribution is 9.10. The van der Waals surface area contributed by atoms with Crippen molar-refractivity contribution in [2.24, 2.45) is 0 Å². The second kappa shape index (κ2) is 5.71. The SMILES string of the molecule is CNC(c1ncccc1F)c1c(F)ccc(Br)c1F. The Balaban J connectivity index is 2.61. The molecule has 2 nitrogen and oxygen atoms in total. The van der Waals surface area contributed by atoms with Gasteiger partial charge in [0.25, 0.3) is 0 Å². The van der Waals surface area contributed by atoms with Crippen molar-refractivity contribution in [2.75, 3.05) is 7.05 Å². The maximum absolute atomic E-state index is 14.0. The van der Waals surface area contributed by atoms with Crippen molar-refractivity contribution in [3.05, 3.63) is 63.6 Å². The van der Waals surface area contributed by atoms with Gasteiger partial charge in [-0.15, -0.1) is 0 Å². The van der Waals surface area contributed by atoms with Crippen molar-refractivity contribution < 1.29 is 13.2 Å². The number of nitrogens with one attached hydrogen (secondary N) is 1. The molecular weight excluding hydrogens is 321 g/mol. The van der Waals surface area contributed by atoms with Crippen molar-refractivity contribution in [1.82, 2.24) is 10.3 Å². The van der Waals surface area contributed by atoms with Crippen molar-refractivity contribution in [1.29, 1.82) is 0 Å². The lowest BCUT2D eigenvalue weighted by Gasteiger charge is -2.18. The summed E-state index contributed by atoms with van der Waals surface area (Å²) in [5, 5.41) is 2.68. The number of nitrogens with zero attached hydrogens (tertiary/aromatic N) is 1. The second-order valence-corrected chi connectivity index (χ2v) is 4.70. The zero-order valence-electron chi connectivity index (χ0n) is 9.92. The molecule has 0 fully saturated rings. The van der Waals surface area contributed by atoms with Gasteiger partial charge in [0.2, 0.25) is 0 Å². The average Bonchev–Trinajstić information content (AvgIpc) is 2.40. The summed E-state index contributed by atoms with van der Waals surface area (Å²) >= 11 is 2.99. The number of hydrogen-bond donors (Lipinski definition) is 1. The normalized spacial score (nSPS) is 12.5. The van der Waals surface area contributed by atoms with Gasteiger partial charge in [-0.3, -0.25) is 4.98 Å². The maximum Gasteiger partial charge on any atom is 0.146 e. The summed E-state index contributed by atoms with van der Waals surface area (Å²) in [6.45, 7) is 0. The zero-order chi connectivity index (χ0) is 14.0. The van der Waals surface area contributed by atoms with Gasteiger partial charge in [-0.2, -0.15) is 0 Å². The van der Waals surface area contributed by atoms with Gasteiger partial charge in [0.15, 0.2) is 0 Å². The molecule has 1 atom stereocenters. The highest BCUT2D eigenvalue weighted by Crippen LogP contribution is 2.30. The summed E-state index contributed by atoms with van der Waals surface area (Å²) in [5.74, 6) is -2.16. The molecule has 1 unspecified atom stereocenters. The molecule has 1 heterocycles. The fourth-order valence-corrected chi connectivity index (χ4v) is 2.18. The molecule has 6 heteroatoms. The highest BCUT2D eigenvalue weighted by atomic mass is 79.9. The predicted molar refractivity (Wildman–Crippen MR) is 69.2 cm³/mol. The minimum Gasteiger partial charge on any atom is -0.308 e. The van der Waals surface area contributed by atoms with Gasteiger partial charge < -0.3 is 5.32 Å². The fraction of sp³-hybridized carbons (Fsp3) is 0.154. The summed E-state index contributed by atoms with van der Waals surface area (Å²) in [5.41, 5.74) is -0.324. The third-order valence-corrected chi connectivity index (χ3v) is 3.33. The summed E-state index contributed by atoms with van der Waals surface area (Å²) < 4.78 is 41.7. The lowest BCUT2D eigenvalue weighted by Crippen LogP contribution is -2.23. The summed E-state index contributed by atoms with van der Waals surface area (Å²) in [7, 11) is 1.48. The highest BCUT2D eigenvalue weighted by Gasteiger charge is 2.25. The number of pyridine rings is 1. The first-order valence-electron chi connectivity index (χ1n) is 5.47. The summed E-state index contributed by atoms with van der Waals surface area (Å²) in [4.78, 5) is 3.85. The molecule has 2 rings (SSSR count). The van der Waals surface area contributed by atoms with Crippen LogP contribution in [0.5, 0.6) is 0 Å². The molecular formula is C13H10BrF3N2. The van der Waals surface area contributed by atoms with Crippen molar-refractivity contribution >= 4 is 15.9 Å². The Morgan fingerprint density at radius 3 is 2.53 bits per heavy atom. The zero-order valence-corrected chi connectivity index (χ0v) is 11.5. The van der Waals surface area contributed by atoms with Gasteiger partial charge >= 0.3 is 0 Å². The van der Waals surface area contributed by atoms with Gasteiger partial charge in [0, 0.05) is 11.8 Å². The third-order valence-electron chi connectivity index (χ3n) is 2.72. The maximum atomic E-state index is 14.0. The van der Waals surface area contributed by atoms with E-state index >= 15 is 0 Å². The van der Waals surface area contributed by atoms with E-state index in [-0.39, 0.29) is 15.7 Å². The van der Waals surface area contributed by atoms with E-state index in [1.807, 2.05) is 0 Å². The molecule has 2 aromatic rings. The number of hydrogen-bond acceptors (Lipinski definition) is 2. The van der Waals surface area contributed by atoms with Crippen LogP contribution in [0.3, 0.4) is 0 Å². The summed E-state index contributed by atoms with van der Waals surface area (Å²) in [6.07, 6.45) is 1.37. The van der Waals surface area contributed by atoms with Crippen LogP contribution in [0, 0.1) is 17.5 Å². The standard InChI is InChI=1S/C13H10BrF3N2/c1-18-13(12-9(16)3-2-6-19-12)10-8(15)5-4-7(14)11(10)17/h2-6,13,18H,1H3. The first kappa shape index (κ1) is 14.0. The van der Waals surface area contributed by atoms with E-state index in [0.29, 0.717) is 0 Å². The second-order valence-electron chi connectivity index (χ2n) is 3.85. The average molecular weight is 331 g/mol. The molecule has 0 amide bonds. The van der Waals surface area contributed by atoms with Crippen LogP contribution >= 0.6 is 15.9 Å². The predicted octanol–water partition coefficient (Wildman–Crippen LogP) is 3.57. The monoisotopic (exact) mass is 330 g/mol. The van der Waals surface area contributed by atoms with E-state index < -0.39 is 23.5 Å². The molecule has 100 valence electrons. The third kappa shape index (κ3) is 2.64. The first-order valence-corrected chi connectivity index (χ1v) is 6.26. The van der Waals surface area contributed by atoms with Crippen molar-refractivity contribution in [3.63, 3.8) is 0 Å². The largest absolute Gasteiger partial charge is 0.308 e. The number of benzene rings is 1. The van der Waals surface area contributed by atoms with Crippen molar-refractivity contribution in [3.8, 4) is 0 Å². The molecule has 0 radical (unpaired) electrons. The Hall–Kier alpha value is -1.40. The molecule has 0 saturated heterocycles. The first-order chi connectivity index (χ1) is 9.06. The van der Waals surface area contributed by atoms with Crippen LogP contribution in [0.2, 0.25) is 0 Å². The molecule has 0 spiro atoms. The van der Waals surface area contributed by atoms with Gasteiger partial charge in [-0.1, -0.05) is 0 Å². The minimum atomic E-state index is -1.00. The molecule has 0 bridgehead atoms. The number of halogens is 4. The molecule has 1 aromatic heterocycles. The molecule has 0 aliphatic carbocycles. The smallest absolute Gasteiger partial charge is 0.146 e. The van der Waals surface area contributed by atoms with E-state index in [9.17, 15) is 13.2 Å². The number of aromatic nitrogens is 1. The lowest BCUT2D eigenvalue weighted by molar-refractivity contribution is 0.497. The van der Waals surface area contributed by atoms with Crippen molar-refractivity contribution in [2.45, 2.75) is 6.04 Å². The van der Waals surface area contributed by atoms with Crippen LogP contribution in [-0.2, 0) is 0 Å². The van der Waals surface area contributed by atoms with Crippen LogP contribution < -0.4 is 5.32 Å². The van der Waals surface area contributed by atoms with Crippen LogP contribution in [0.15, 0.2) is 34.9 Å². The van der Waals surface area contributed by atoms with Crippen LogP contribution in [-0.4, -0.2) is 12.0 Å². The Morgan fingerprint density at radius 1 is 1.16 bits per heavy atom. The molecule has 0 aliphatic heterocycles. The lowest BCUT2D eigenvalue weighted by atomic mass is 10.0. The minimum absolute atomic E-state index is 0.0547. The summed E-state index contributed by atoms with van der Waals surface area (Å²) in [6, 6.07) is 3.99. The van der Waals surface area contributed by atoms with Gasteiger partial charge in [0.1, 0.15) is 17.5 Å². The van der Waals surface area contributed by atoms with E-state index in [0.717, 1.165) is 6.07 Å². The van der Waals surface area contributed by atoms with Gasteiger partial charge in [0.05, 0.1) is 16.2 Å². The van der Waals surface area contributed by atoms with E-state index in [1.54, 1.807) is 0 Å². The van der Waals surface area contributed by atoms with E-state index in [2.05, 4.69) is 26.2 Å². The van der Waals surface area contributed by atoms with Crippen LogP contribution in [0.4, 0.5) is 13.2 Å². The molecule has 19 heavy (non-hydrogen) atoms. The molecule has 0 saturated carbocycles. The molecule has 1 N–H and O–H groups in total. The van der Waals surface area contributed by atoms with Gasteiger partial charge in [-0.25, -0.2) is 13.2 Å². The topological polar surface area (TPSA) is 24.9 Å². The van der Waals surface area contributed by atoms with Crippen LogP contribution in [0.1, 0.15) is 17.3 Å². The molecule has 1 aromatic carbocycles. The Kier molecular flexibility index (Phi) is 4.21. The fourth-order valence-electron chi connectivity index (χ4n) is 1.84. The number of rotatable bonds is 3. The quantitative estimate of drug-likeness (QED) is 0.870. The van der Waals surface area contributed by atoms with Gasteiger partial charge in [-0.05, 0) is 47.2 Å². The Bertz CT molecular complexity index is 604. The Morgan fingerprint density at radius 2 is 1.89 bits per heavy atom.